The summed E-state index contributed by atoms with van der Waals surface area (Å²) in [5, 5.41) is 29.5. The molecular weight excluding hydrogens is 306 g/mol. The number of carbonyl (C=O) groups excluding carboxylic acids is 1. The summed E-state index contributed by atoms with van der Waals surface area (Å²) in [5.41, 5.74) is 1.91. The van der Waals surface area contributed by atoms with Crippen LogP contribution in [0.25, 0.3) is 0 Å². The maximum atomic E-state index is 11.9. The second-order valence-electron chi connectivity index (χ2n) is 4.59. The van der Waals surface area contributed by atoms with Gasteiger partial charge in [-0.2, -0.15) is 5.10 Å². The molecule has 0 aliphatic carbocycles. The second-order valence-corrected chi connectivity index (χ2v) is 5.02. The molecule has 0 saturated heterocycles. The molecule has 22 heavy (non-hydrogen) atoms. The predicted octanol–water partition coefficient (Wildman–Crippen LogP) is 2.53. The molecule has 0 fully saturated rings. The first kappa shape index (κ1) is 14.1. The van der Waals surface area contributed by atoms with Crippen molar-refractivity contribution in [2.24, 2.45) is 10.2 Å². The van der Waals surface area contributed by atoms with Crippen molar-refractivity contribution in [2.75, 3.05) is 5.32 Å². The highest BCUT2D eigenvalue weighted by molar-refractivity contribution is 6.54. The van der Waals surface area contributed by atoms with Crippen LogP contribution in [-0.2, 0) is 4.79 Å². The van der Waals surface area contributed by atoms with E-state index in [2.05, 4.69) is 15.5 Å². The monoisotopic (exact) mass is 315 g/mol. The van der Waals surface area contributed by atoms with Crippen LogP contribution in [0.2, 0.25) is 5.02 Å². The second kappa shape index (κ2) is 5.50. The SMILES string of the molecule is O=C1Nc2ccc(Cl)cc2/C1=N/N=C/c1ccc(O)c(O)c1. The third kappa shape index (κ3) is 2.64. The van der Waals surface area contributed by atoms with Crippen LogP contribution < -0.4 is 5.32 Å². The van der Waals surface area contributed by atoms with E-state index < -0.39 is 0 Å². The van der Waals surface area contributed by atoms with Gasteiger partial charge in [0, 0.05) is 10.6 Å². The highest BCUT2D eigenvalue weighted by Crippen LogP contribution is 2.27. The third-order valence-electron chi connectivity index (χ3n) is 3.06. The Morgan fingerprint density at radius 2 is 1.91 bits per heavy atom. The topological polar surface area (TPSA) is 94.3 Å². The fraction of sp³-hybridized carbons (Fsp3) is 0. The molecule has 3 N–H and O–H groups in total. The van der Waals surface area contributed by atoms with Gasteiger partial charge in [0.05, 0.1) is 11.9 Å². The van der Waals surface area contributed by atoms with E-state index >= 15 is 0 Å². The Labute approximate surface area is 130 Å². The summed E-state index contributed by atoms with van der Waals surface area (Å²) < 4.78 is 0. The van der Waals surface area contributed by atoms with E-state index in [1.807, 2.05) is 0 Å². The number of halogens is 1. The molecule has 0 aromatic heterocycles. The zero-order valence-corrected chi connectivity index (χ0v) is 11.9. The summed E-state index contributed by atoms with van der Waals surface area (Å²) >= 11 is 5.91. The van der Waals surface area contributed by atoms with E-state index in [1.165, 1.54) is 18.3 Å². The number of aromatic hydroxyl groups is 2. The van der Waals surface area contributed by atoms with Gasteiger partial charge in [-0.1, -0.05) is 11.6 Å². The van der Waals surface area contributed by atoms with Crippen molar-refractivity contribution >= 4 is 35.1 Å². The number of fused-ring (bicyclic) bond motifs is 1. The van der Waals surface area contributed by atoms with Crippen molar-refractivity contribution in [3.05, 3.63) is 52.5 Å². The number of carbonyl (C=O) groups is 1. The van der Waals surface area contributed by atoms with E-state index in [9.17, 15) is 15.0 Å². The summed E-state index contributed by atoms with van der Waals surface area (Å²) in [7, 11) is 0. The van der Waals surface area contributed by atoms with Gasteiger partial charge in [-0.15, -0.1) is 5.10 Å². The normalized spacial score (nSPS) is 15.3. The van der Waals surface area contributed by atoms with Gasteiger partial charge in [0.25, 0.3) is 5.91 Å². The highest BCUT2D eigenvalue weighted by atomic mass is 35.5. The molecule has 1 aliphatic heterocycles. The molecular formula is C15H10ClN3O3. The number of nitrogens with zero attached hydrogens (tertiary/aromatic N) is 2. The van der Waals surface area contributed by atoms with Gasteiger partial charge in [0.1, 0.15) is 0 Å². The number of phenolic OH excluding ortho intramolecular Hbond substituents is 2. The summed E-state index contributed by atoms with van der Waals surface area (Å²) in [6, 6.07) is 9.22. The lowest BCUT2D eigenvalue weighted by Gasteiger charge is -1.98. The molecule has 1 aliphatic rings. The average molecular weight is 316 g/mol. The van der Waals surface area contributed by atoms with Crippen molar-refractivity contribution in [3.8, 4) is 11.5 Å². The summed E-state index contributed by atoms with van der Waals surface area (Å²) in [6.45, 7) is 0. The number of hydrogen-bond donors (Lipinski definition) is 3. The van der Waals surface area contributed by atoms with Crippen LogP contribution in [0, 0.1) is 0 Å². The molecule has 2 aromatic rings. The van der Waals surface area contributed by atoms with E-state index in [1.54, 1.807) is 24.3 Å². The molecule has 3 rings (SSSR count). The number of phenols is 2. The molecule has 1 amide bonds. The van der Waals surface area contributed by atoms with Crippen molar-refractivity contribution in [3.63, 3.8) is 0 Å². The summed E-state index contributed by atoms with van der Waals surface area (Å²) in [4.78, 5) is 11.9. The lowest BCUT2D eigenvalue weighted by atomic mass is 10.1. The number of nitrogens with one attached hydrogen (secondary N) is 1. The maximum Gasteiger partial charge on any atom is 0.276 e. The minimum Gasteiger partial charge on any atom is -0.504 e. The van der Waals surface area contributed by atoms with Crippen LogP contribution in [0.1, 0.15) is 11.1 Å². The molecule has 0 bridgehead atoms. The molecule has 0 saturated carbocycles. The number of benzene rings is 2. The highest BCUT2D eigenvalue weighted by Gasteiger charge is 2.26. The Bertz CT molecular complexity index is 831. The first-order valence-electron chi connectivity index (χ1n) is 6.29. The molecule has 110 valence electrons. The molecule has 0 spiro atoms. The van der Waals surface area contributed by atoms with E-state index in [0.29, 0.717) is 21.8 Å². The molecule has 0 radical (unpaired) electrons. The number of hydrogen-bond acceptors (Lipinski definition) is 5. The van der Waals surface area contributed by atoms with Gasteiger partial charge < -0.3 is 15.5 Å². The first-order chi connectivity index (χ1) is 10.5. The van der Waals surface area contributed by atoms with E-state index in [0.717, 1.165) is 0 Å². The number of anilines is 1. The van der Waals surface area contributed by atoms with E-state index in [4.69, 9.17) is 11.6 Å². The molecule has 1 heterocycles. The Balaban J connectivity index is 1.90. The van der Waals surface area contributed by atoms with Crippen LogP contribution in [0.3, 0.4) is 0 Å². The lowest BCUT2D eigenvalue weighted by Crippen LogP contribution is -2.13. The van der Waals surface area contributed by atoms with Crippen molar-refractivity contribution in [2.45, 2.75) is 0 Å². The zero-order valence-electron chi connectivity index (χ0n) is 11.1. The van der Waals surface area contributed by atoms with Crippen LogP contribution in [-0.4, -0.2) is 28.0 Å². The Morgan fingerprint density at radius 3 is 2.68 bits per heavy atom. The summed E-state index contributed by atoms with van der Waals surface area (Å²) in [6.07, 6.45) is 1.36. The third-order valence-corrected chi connectivity index (χ3v) is 3.30. The largest absolute Gasteiger partial charge is 0.504 e. The van der Waals surface area contributed by atoms with Gasteiger partial charge in [-0.05, 0) is 42.0 Å². The quantitative estimate of drug-likeness (QED) is 0.451. The van der Waals surface area contributed by atoms with Gasteiger partial charge >= 0.3 is 0 Å². The van der Waals surface area contributed by atoms with Crippen LogP contribution in [0.15, 0.2) is 46.6 Å². The molecule has 6 nitrogen and oxygen atoms in total. The van der Waals surface area contributed by atoms with Gasteiger partial charge in [-0.25, -0.2) is 0 Å². The average Bonchev–Trinajstić information content (AvgIpc) is 2.79. The maximum absolute atomic E-state index is 11.9. The van der Waals surface area contributed by atoms with E-state index in [-0.39, 0.29) is 23.1 Å². The van der Waals surface area contributed by atoms with Gasteiger partial charge in [0.15, 0.2) is 17.2 Å². The minimum atomic E-state index is -0.358. The lowest BCUT2D eigenvalue weighted by molar-refractivity contribution is -0.110. The Hall–Kier alpha value is -2.86. The smallest absolute Gasteiger partial charge is 0.276 e. The van der Waals surface area contributed by atoms with Gasteiger partial charge in [0.2, 0.25) is 0 Å². The molecule has 0 atom stereocenters. The zero-order chi connectivity index (χ0) is 15.7. The predicted molar refractivity (Wildman–Crippen MR) is 84.0 cm³/mol. The first-order valence-corrected chi connectivity index (χ1v) is 6.66. The van der Waals surface area contributed by atoms with Crippen molar-refractivity contribution < 1.29 is 15.0 Å². The molecule has 7 heteroatoms. The Kier molecular flexibility index (Phi) is 3.52. The fourth-order valence-corrected chi connectivity index (χ4v) is 2.17. The van der Waals surface area contributed by atoms with Crippen LogP contribution in [0.5, 0.6) is 11.5 Å². The van der Waals surface area contributed by atoms with Crippen LogP contribution >= 0.6 is 11.6 Å². The fourth-order valence-electron chi connectivity index (χ4n) is 2.00. The molecule has 0 unspecified atom stereocenters. The minimum absolute atomic E-state index is 0.164. The van der Waals surface area contributed by atoms with Crippen LogP contribution in [0.4, 0.5) is 5.69 Å². The Morgan fingerprint density at radius 1 is 1.09 bits per heavy atom. The van der Waals surface area contributed by atoms with Gasteiger partial charge in [-0.3, -0.25) is 4.79 Å². The molecule has 2 aromatic carbocycles. The summed E-state index contributed by atoms with van der Waals surface area (Å²) in [5.74, 6) is -0.836. The number of rotatable bonds is 2. The number of amides is 1. The van der Waals surface area contributed by atoms with Crippen molar-refractivity contribution in [1.29, 1.82) is 0 Å². The standard InChI is InChI=1S/C15H10ClN3O3/c16-9-2-3-11-10(6-9)14(15(22)18-11)19-17-7-8-1-4-12(20)13(21)5-8/h1-7,20-21H,(H,18,19,22)/b17-7+. The van der Waals surface area contributed by atoms with Crippen molar-refractivity contribution in [1.82, 2.24) is 0 Å².